The molecule has 1 aromatic carbocycles. The zero-order valence-electron chi connectivity index (χ0n) is 9.21. The van der Waals surface area contributed by atoms with Crippen LogP contribution in [-0.2, 0) is 4.79 Å². The predicted octanol–water partition coefficient (Wildman–Crippen LogP) is 0.996. The van der Waals surface area contributed by atoms with Gasteiger partial charge in [0.05, 0.1) is 5.69 Å². The number of benzene rings is 1. The van der Waals surface area contributed by atoms with E-state index in [0.717, 1.165) is 4.90 Å². The van der Waals surface area contributed by atoms with Gasteiger partial charge in [-0.1, -0.05) is 12.1 Å². The highest BCUT2D eigenvalue weighted by atomic mass is 16.5. The second kappa shape index (κ2) is 4.32. The van der Waals surface area contributed by atoms with Crippen molar-refractivity contribution in [1.82, 2.24) is 4.90 Å². The van der Waals surface area contributed by atoms with Crippen molar-refractivity contribution in [3.8, 4) is 5.75 Å². The Morgan fingerprint density at radius 2 is 2.24 bits per heavy atom. The third-order valence-electron chi connectivity index (χ3n) is 2.61. The Bertz CT molecular complexity index is 461. The van der Waals surface area contributed by atoms with Gasteiger partial charge in [-0.2, -0.15) is 0 Å². The molecule has 17 heavy (non-hydrogen) atoms. The summed E-state index contributed by atoms with van der Waals surface area (Å²) >= 11 is 0. The van der Waals surface area contributed by atoms with Gasteiger partial charge >= 0.3 is 6.09 Å². The molecular weight excluding hydrogens is 224 g/mol. The van der Waals surface area contributed by atoms with Crippen molar-refractivity contribution in [2.45, 2.75) is 6.04 Å². The van der Waals surface area contributed by atoms with Gasteiger partial charge in [0.25, 0.3) is 5.91 Å². The molecule has 0 saturated carbocycles. The molecule has 1 heterocycles. The smallest absolute Gasteiger partial charge is 0.407 e. The van der Waals surface area contributed by atoms with Crippen LogP contribution in [0, 0.1) is 0 Å². The van der Waals surface area contributed by atoms with Crippen LogP contribution in [-0.4, -0.2) is 41.7 Å². The Morgan fingerprint density at radius 3 is 2.94 bits per heavy atom. The molecule has 2 amide bonds. The van der Waals surface area contributed by atoms with Crippen LogP contribution in [0.2, 0.25) is 0 Å². The normalized spacial score (nSPS) is 18.4. The fourth-order valence-electron chi connectivity index (χ4n) is 1.58. The number of carbonyl (C=O) groups excluding carboxylic acids is 1. The van der Waals surface area contributed by atoms with Crippen molar-refractivity contribution >= 4 is 17.7 Å². The third-order valence-corrected chi connectivity index (χ3v) is 2.61. The van der Waals surface area contributed by atoms with Gasteiger partial charge in [0, 0.05) is 7.05 Å². The number of nitrogens with one attached hydrogen (secondary N) is 1. The predicted molar refractivity (Wildman–Crippen MR) is 60.1 cm³/mol. The molecule has 90 valence electrons. The molecule has 6 heteroatoms. The van der Waals surface area contributed by atoms with Gasteiger partial charge in [-0.15, -0.1) is 0 Å². The van der Waals surface area contributed by atoms with Gasteiger partial charge in [0.15, 0.2) is 0 Å². The van der Waals surface area contributed by atoms with Crippen LogP contribution in [0.4, 0.5) is 10.5 Å². The molecule has 6 nitrogen and oxygen atoms in total. The van der Waals surface area contributed by atoms with E-state index in [2.05, 4.69) is 5.32 Å². The van der Waals surface area contributed by atoms with Crippen molar-refractivity contribution in [1.29, 1.82) is 0 Å². The lowest BCUT2D eigenvalue weighted by Crippen LogP contribution is -2.47. The maximum Gasteiger partial charge on any atom is 0.407 e. The number of anilines is 1. The van der Waals surface area contributed by atoms with Crippen LogP contribution < -0.4 is 10.1 Å². The minimum atomic E-state index is -1.17. The van der Waals surface area contributed by atoms with Crippen LogP contribution in [0.15, 0.2) is 24.3 Å². The number of rotatable bonds is 1. The minimum Gasteiger partial charge on any atom is -0.489 e. The number of amides is 2. The van der Waals surface area contributed by atoms with Crippen molar-refractivity contribution in [2.24, 2.45) is 0 Å². The molecular formula is C11H12N2O4. The summed E-state index contributed by atoms with van der Waals surface area (Å²) in [4.78, 5) is 23.6. The number of likely N-dealkylation sites (N-methyl/N-ethyl adjacent to an activating group) is 1. The van der Waals surface area contributed by atoms with Gasteiger partial charge in [-0.25, -0.2) is 4.79 Å². The van der Waals surface area contributed by atoms with Crippen LogP contribution >= 0.6 is 0 Å². The van der Waals surface area contributed by atoms with Gasteiger partial charge in [-0.05, 0) is 12.1 Å². The molecule has 1 atom stereocenters. The molecule has 0 saturated heterocycles. The van der Waals surface area contributed by atoms with Crippen LogP contribution in [0.25, 0.3) is 0 Å². The monoisotopic (exact) mass is 236 g/mol. The highest BCUT2D eigenvalue weighted by molar-refractivity contribution is 5.98. The Kier molecular flexibility index (Phi) is 2.86. The van der Waals surface area contributed by atoms with E-state index in [1.54, 1.807) is 24.3 Å². The average molecular weight is 236 g/mol. The van der Waals surface area contributed by atoms with E-state index >= 15 is 0 Å². The molecule has 1 aromatic rings. The number of para-hydroxylation sites is 2. The Hall–Kier alpha value is -2.24. The second-order valence-corrected chi connectivity index (χ2v) is 3.71. The van der Waals surface area contributed by atoms with E-state index in [1.807, 2.05) is 0 Å². The van der Waals surface area contributed by atoms with Crippen LogP contribution in [0.5, 0.6) is 5.75 Å². The Labute approximate surface area is 97.8 Å². The number of carboxylic acid groups (broad SMARTS) is 1. The molecule has 0 unspecified atom stereocenters. The lowest BCUT2D eigenvalue weighted by molar-refractivity contribution is -0.120. The SMILES string of the molecule is CN(C(=O)O)[C@H]1COc2ccccc2NC1=O. The number of carbonyl (C=O) groups is 2. The first-order valence-electron chi connectivity index (χ1n) is 5.08. The third kappa shape index (κ3) is 2.15. The first-order chi connectivity index (χ1) is 8.09. The summed E-state index contributed by atoms with van der Waals surface area (Å²) in [6, 6.07) is 6.13. The summed E-state index contributed by atoms with van der Waals surface area (Å²) in [5, 5.41) is 11.5. The average Bonchev–Trinajstić information content (AvgIpc) is 2.46. The molecule has 0 fully saturated rings. The Morgan fingerprint density at radius 1 is 1.53 bits per heavy atom. The first-order valence-corrected chi connectivity index (χ1v) is 5.08. The molecule has 0 aliphatic carbocycles. The molecule has 0 radical (unpaired) electrons. The van der Waals surface area contributed by atoms with Crippen molar-refractivity contribution < 1.29 is 19.4 Å². The summed E-state index contributed by atoms with van der Waals surface area (Å²) in [5.41, 5.74) is 0.554. The zero-order valence-corrected chi connectivity index (χ0v) is 9.21. The van der Waals surface area contributed by atoms with Crippen molar-refractivity contribution in [3.63, 3.8) is 0 Å². The van der Waals surface area contributed by atoms with Gasteiger partial charge in [0.1, 0.15) is 18.4 Å². The van der Waals surface area contributed by atoms with E-state index in [9.17, 15) is 9.59 Å². The van der Waals surface area contributed by atoms with Gasteiger partial charge in [-0.3, -0.25) is 9.69 Å². The highest BCUT2D eigenvalue weighted by Crippen LogP contribution is 2.26. The van der Waals surface area contributed by atoms with E-state index in [1.165, 1.54) is 7.05 Å². The van der Waals surface area contributed by atoms with Crippen molar-refractivity contribution in [2.75, 3.05) is 19.0 Å². The number of hydrogen-bond donors (Lipinski definition) is 2. The maximum absolute atomic E-state index is 11.8. The molecule has 1 aliphatic rings. The molecule has 0 bridgehead atoms. The highest BCUT2D eigenvalue weighted by Gasteiger charge is 2.30. The summed E-state index contributed by atoms with van der Waals surface area (Å²) in [5.74, 6) is 0.155. The minimum absolute atomic E-state index is 0.00560. The quantitative estimate of drug-likeness (QED) is 0.762. The lowest BCUT2D eigenvalue weighted by Gasteiger charge is -2.21. The van der Waals surface area contributed by atoms with Gasteiger partial charge < -0.3 is 15.2 Å². The van der Waals surface area contributed by atoms with Crippen molar-refractivity contribution in [3.05, 3.63) is 24.3 Å². The van der Waals surface area contributed by atoms with E-state index in [0.29, 0.717) is 11.4 Å². The molecule has 2 N–H and O–H groups in total. The van der Waals surface area contributed by atoms with Crippen LogP contribution in [0.1, 0.15) is 0 Å². The number of hydrogen-bond acceptors (Lipinski definition) is 3. The topological polar surface area (TPSA) is 78.9 Å². The number of fused-ring (bicyclic) bond motifs is 1. The summed E-state index contributed by atoms with van der Waals surface area (Å²) < 4.78 is 5.41. The summed E-state index contributed by atoms with van der Waals surface area (Å²) in [6.07, 6.45) is -1.17. The maximum atomic E-state index is 11.8. The summed E-state index contributed by atoms with van der Waals surface area (Å²) in [7, 11) is 1.34. The second-order valence-electron chi connectivity index (χ2n) is 3.71. The van der Waals surface area contributed by atoms with E-state index < -0.39 is 12.1 Å². The molecule has 0 spiro atoms. The van der Waals surface area contributed by atoms with E-state index in [-0.39, 0.29) is 12.5 Å². The molecule has 2 rings (SSSR count). The number of ether oxygens (including phenoxy) is 1. The summed E-state index contributed by atoms with van der Waals surface area (Å²) in [6.45, 7) is 0.00560. The lowest BCUT2D eigenvalue weighted by atomic mass is 10.2. The van der Waals surface area contributed by atoms with Crippen LogP contribution in [0.3, 0.4) is 0 Å². The fourth-order valence-corrected chi connectivity index (χ4v) is 1.58. The first kappa shape index (κ1) is 11.3. The number of nitrogens with zero attached hydrogens (tertiary/aromatic N) is 1. The fraction of sp³-hybridized carbons (Fsp3) is 0.273. The zero-order chi connectivity index (χ0) is 12.4. The standard InChI is InChI=1S/C11H12N2O4/c1-13(11(15)16)8-6-17-9-5-3-2-4-7(9)12-10(8)14/h2-5,8H,6H2,1H3,(H,12,14)(H,15,16)/t8-/m0/s1. The molecule has 0 aromatic heterocycles. The van der Waals surface area contributed by atoms with Gasteiger partial charge in [0.2, 0.25) is 0 Å². The Balaban J connectivity index is 2.23. The van der Waals surface area contributed by atoms with E-state index in [4.69, 9.17) is 9.84 Å². The molecule has 1 aliphatic heterocycles. The largest absolute Gasteiger partial charge is 0.489 e.